The zero-order valence-electron chi connectivity index (χ0n) is 19.2. The molecule has 0 atom stereocenters. The van der Waals surface area contributed by atoms with E-state index in [9.17, 15) is 19.2 Å². The Morgan fingerprint density at radius 2 is 1.78 bits per heavy atom. The van der Waals surface area contributed by atoms with E-state index in [4.69, 9.17) is 37.8 Å². The Bertz CT molecular complexity index is 1470. The molecule has 11 heteroatoms. The molecule has 3 aromatic carbocycles. The Balaban J connectivity index is 1.58. The fourth-order valence-electron chi connectivity index (χ4n) is 3.53. The summed E-state index contributed by atoms with van der Waals surface area (Å²) in [5.74, 6) is -2.08. The number of benzene rings is 3. The van der Waals surface area contributed by atoms with Crippen molar-refractivity contribution in [2.45, 2.75) is 6.61 Å². The number of carboxylic acids is 1. The SMILES string of the molecule is COc1cc(/C=C2\C(=O)NC(=O)N(c3ccc(Cl)c(Cl)c3)C2=O)ccc1OCc1cccc(C(=O)O)c1. The van der Waals surface area contributed by atoms with Gasteiger partial charge in [-0.3, -0.25) is 14.9 Å². The summed E-state index contributed by atoms with van der Waals surface area (Å²) in [6.07, 6.45) is 1.32. The molecule has 0 unspecified atom stereocenters. The third kappa shape index (κ3) is 5.58. The lowest BCUT2D eigenvalue weighted by molar-refractivity contribution is -0.122. The van der Waals surface area contributed by atoms with Gasteiger partial charge < -0.3 is 14.6 Å². The monoisotopic (exact) mass is 540 g/mol. The number of aromatic carboxylic acids is 1. The number of imide groups is 2. The standard InChI is InChI=1S/C26H18Cl2N2O7/c1-36-22-11-14(5-8-21(22)37-13-15-3-2-4-16(9-15)25(33)34)10-18-23(31)29-26(35)30(24(18)32)17-6-7-19(27)20(28)12-17/h2-12H,13H2,1H3,(H,33,34)(H,29,31,35)/b18-10+. The molecule has 9 nitrogen and oxygen atoms in total. The highest BCUT2D eigenvalue weighted by Crippen LogP contribution is 2.32. The van der Waals surface area contributed by atoms with E-state index < -0.39 is 23.8 Å². The number of anilines is 1. The molecule has 0 aliphatic carbocycles. The first-order chi connectivity index (χ1) is 17.7. The van der Waals surface area contributed by atoms with E-state index >= 15 is 0 Å². The molecule has 1 aliphatic rings. The number of carbonyl (C=O) groups excluding carboxylic acids is 3. The molecule has 0 radical (unpaired) electrons. The van der Waals surface area contributed by atoms with E-state index in [1.807, 2.05) is 0 Å². The number of urea groups is 1. The topological polar surface area (TPSA) is 122 Å². The minimum absolute atomic E-state index is 0.0829. The average Bonchev–Trinajstić information content (AvgIpc) is 2.87. The van der Waals surface area contributed by atoms with Crippen LogP contribution in [0.5, 0.6) is 11.5 Å². The van der Waals surface area contributed by atoms with Gasteiger partial charge in [-0.1, -0.05) is 41.4 Å². The van der Waals surface area contributed by atoms with Gasteiger partial charge in [0.05, 0.1) is 28.4 Å². The summed E-state index contributed by atoms with van der Waals surface area (Å²) in [6.45, 7) is 0.0829. The number of barbiturate groups is 1. The van der Waals surface area contributed by atoms with E-state index in [1.54, 1.807) is 30.3 Å². The average molecular weight is 541 g/mol. The summed E-state index contributed by atoms with van der Waals surface area (Å²) in [7, 11) is 1.42. The van der Waals surface area contributed by atoms with Crippen molar-refractivity contribution in [1.82, 2.24) is 5.32 Å². The molecule has 0 spiro atoms. The summed E-state index contributed by atoms with van der Waals surface area (Å²) in [4.78, 5) is 49.9. The number of hydrogen-bond acceptors (Lipinski definition) is 6. The summed E-state index contributed by atoms with van der Waals surface area (Å²) < 4.78 is 11.2. The normalized spacial score (nSPS) is 14.5. The Labute approximate surface area is 220 Å². The van der Waals surface area contributed by atoms with Gasteiger partial charge in [0.2, 0.25) is 0 Å². The van der Waals surface area contributed by atoms with Gasteiger partial charge in [-0.05, 0) is 59.7 Å². The number of hydrogen-bond donors (Lipinski definition) is 2. The van der Waals surface area contributed by atoms with Crippen molar-refractivity contribution in [3.8, 4) is 11.5 Å². The van der Waals surface area contributed by atoms with E-state index in [1.165, 1.54) is 43.5 Å². The number of methoxy groups -OCH3 is 1. The van der Waals surface area contributed by atoms with E-state index in [0.717, 1.165) is 4.90 Å². The summed E-state index contributed by atoms with van der Waals surface area (Å²) in [6, 6.07) is 14.3. The van der Waals surface area contributed by atoms with Crippen LogP contribution < -0.4 is 19.7 Å². The van der Waals surface area contributed by atoms with Gasteiger partial charge in [0, 0.05) is 0 Å². The molecule has 1 aliphatic heterocycles. The van der Waals surface area contributed by atoms with Crippen LogP contribution in [-0.4, -0.2) is 36.0 Å². The summed E-state index contributed by atoms with van der Waals surface area (Å²) in [5.41, 5.74) is 1.07. The van der Waals surface area contributed by atoms with E-state index in [0.29, 0.717) is 22.6 Å². The Morgan fingerprint density at radius 3 is 2.49 bits per heavy atom. The molecule has 188 valence electrons. The first kappa shape index (κ1) is 25.7. The fourth-order valence-corrected chi connectivity index (χ4v) is 3.82. The maximum absolute atomic E-state index is 13.1. The van der Waals surface area contributed by atoms with Crippen molar-refractivity contribution in [3.63, 3.8) is 0 Å². The molecule has 0 aromatic heterocycles. The predicted octanol–water partition coefficient (Wildman–Crippen LogP) is 4.95. The van der Waals surface area contributed by atoms with Crippen molar-refractivity contribution in [1.29, 1.82) is 0 Å². The number of amides is 4. The number of rotatable bonds is 7. The van der Waals surface area contributed by atoms with Gasteiger partial charge in [0.1, 0.15) is 12.2 Å². The zero-order valence-corrected chi connectivity index (χ0v) is 20.7. The second-order valence-electron chi connectivity index (χ2n) is 7.76. The van der Waals surface area contributed by atoms with Crippen LogP contribution in [0.4, 0.5) is 10.5 Å². The molecule has 1 saturated heterocycles. The van der Waals surface area contributed by atoms with Crippen LogP contribution in [-0.2, 0) is 16.2 Å². The number of carboxylic acid groups (broad SMARTS) is 1. The molecule has 0 bridgehead atoms. The summed E-state index contributed by atoms with van der Waals surface area (Å²) >= 11 is 11.9. The first-order valence-electron chi connectivity index (χ1n) is 10.7. The van der Waals surface area contributed by atoms with Crippen molar-refractivity contribution >= 4 is 58.8 Å². The van der Waals surface area contributed by atoms with Crippen molar-refractivity contribution < 1.29 is 33.8 Å². The summed E-state index contributed by atoms with van der Waals surface area (Å²) in [5, 5.41) is 11.7. The maximum atomic E-state index is 13.1. The molecule has 3 aromatic rings. The maximum Gasteiger partial charge on any atom is 0.335 e. The van der Waals surface area contributed by atoms with Gasteiger partial charge in [-0.2, -0.15) is 0 Å². The van der Waals surface area contributed by atoms with Crippen molar-refractivity contribution in [3.05, 3.63) is 93.0 Å². The lowest BCUT2D eigenvalue weighted by Gasteiger charge is -2.26. The number of carbonyl (C=O) groups is 4. The molecule has 0 saturated carbocycles. The molecule has 2 N–H and O–H groups in total. The van der Waals surface area contributed by atoms with E-state index in [-0.39, 0.29) is 33.5 Å². The third-order valence-corrected chi connectivity index (χ3v) is 6.07. The molecule has 4 rings (SSSR count). The van der Waals surface area contributed by atoms with Crippen LogP contribution in [0.15, 0.2) is 66.2 Å². The van der Waals surface area contributed by atoms with Gasteiger partial charge in [-0.15, -0.1) is 0 Å². The quantitative estimate of drug-likeness (QED) is 0.321. The number of nitrogens with zero attached hydrogens (tertiary/aromatic N) is 1. The Kier molecular flexibility index (Phi) is 7.47. The molecular formula is C26H18Cl2N2O7. The highest BCUT2D eigenvalue weighted by atomic mass is 35.5. The highest BCUT2D eigenvalue weighted by molar-refractivity contribution is 6.43. The van der Waals surface area contributed by atoms with Gasteiger partial charge in [0.15, 0.2) is 11.5 Å². The van der Waals surface area contributed by atoms with Crippen LogP contribution in [0.2, 0.25) is 10.0 Å². The lowest BCUT2D eigenvalue weighted by atomic mass is 10.1. The molecule has 37 heavy (non-hydrogen) atoms. The van der Waals surface area contributed by atoms with Crippen LogP contribution in [0, 0.1) is 0 Å². The van der Waals surface area contributed by atoms with Gasteiger partial charge in [0.25, 0.3) is 11.8 Å². The third-order valence-electron chi connectivity index (χ3n) is 5.33. The predicted molar refractivity (Wildman–Crippen MR) is 136 cm³/mol. The number of ether oxygens (including phenoxy) is 2. The zero-order chi connectivity index (χ0) is 26.7. The van der Waals surface area contributed by atoms with Crippen molar-refractivity contribution in [2.24, 2.45) is 0 Å². The minimum Gasteiger partial charge on any atom is -0.493 e. The first-order valence-corrected chi connectivity index (χ1v) is 11.4. The molecule has 4 amide bonds. The van der Waals surface area contributed by atoms with Crippen LogP contribution in [0.25, 0.3) is 6.08 Å². The molecular weight excluding hydrogens is 523 g/mol. The smallest absolute Gasteiger partial charge is 0.335 e. The van der Waals surface area contributed by atoms with E-state index in [2.05, 4.69) is 5.32 Å². The largest absolute Gasteiger partial charge is 0.493 e. The Morgan fingerprint density at radius 1 is 1.00 bits per heavy atom. The Hall–Kier alpha value is -4.34. The van der Waals surface area contributed by atoms with Crippen molar-refractivity contribution in [2.75, 3.05) is 12.0 Å². The number of nitrogens with one attached hydrogen (secondary N) is 1. The minimum atomic E-state index is -1.04. The second-order valence-corrected chi connectivity index (χ2v) is 8.58. The second kappa shape index (κ2) is 10.7. The van der Waals surface area contributed by atoms with Crippen LogP contribution in [0.3, 0.4) is 0 Å². The van der Waals surface area contributed by atoms with Gasteiger partial charge in [-0.25, -0.2) is 14.5 Å². The molecule has 1 fully saturated rings. The number of halogens is 2. The fraction of sp³-hybridized carbons (Fsp3) is 0.0769. The van der Waals surface area contributed by atoms with Crippen LogP contribution in [0.1, 0.15) is 21.5 Å². The van der Waals surface area contributed by atoms with Crippen LogP contribution >= 0.6 is 23.2 Å². The lowest BCUT2D eigenvalue weighted by Crippen LogP contribution is -2.54. The molecule has 1 heterocycles. The highest BCUT2D eigenvalue weighted by Gasteiger charge is 2.37. The van der Waals surface area contributed by atoms with Gasteiger partial charge >= 0.3 is 12.0 Å².